The van der Waals surface area contributed by atoms with Gasteiger partial charge in [-0.15, -0.1) is 5.10 Å². The Labute approximate surface area is 94.5 Å². The Bertz CT molecular complexity index is 366. The lowest BCUT2D eigenvalue weighted by atomic mass is 10.1. The summed E-state index contributed by atoms with van der Waals surface area (Å²) in [6.07, 6.45) is 4.47. The van der Waals surface area contributed by atoms with E-state index >= 15 is 0 Å². The van der Waals surface area contributed by atoms with Gasteiger partial charge in [0.05, 0.1) is 11.8 Å². The van der Waals surface area contributed by atoms with Crippen molar-refractivity contribution in [1.82, 2.24) is 10.2 Å². The van der Waals surface area contributed by atoms with Crippen LogP contribution in [0.3, 0.4) is 0 Å². The van der Waals surface area contributed by atoms with Crippen molar-refractivity contribution in [3.63, 3.8) is 0 Å². The zero-order chi connectivity index (χ0) is 10.8. The minimum absolute atomic E-state index is 0.278. The van der Waals surface area contributed by atoms with E-state index in [-0.39, 0.29) is 6.10 Å². The molecule has 82 valence electrons. The first-order chi connectivity index (χ1) is 7.18. The van der Waals surface area contributed by atoms with Crippen molar-refractivity contribution < 1.29 is 5.11 Å². The second kappa shape index (κ2) is 4.45. The third-order valence-electron chi connectivity index (χ3n) is 2.87. The van der Waals surface area contributed by atoms with E-state index in [1.165, 1.54) is 11.1 Å². The van der Waals surface area contributed by atoms with Gasteiger partial charge in [-0.2, -0.15) is 5.10 Å². The van der Waals surface area contributed by atoms with Gasteiger partial charge in [0.2, 0.25) is 0 Å². The second-order valence-electron chi connectivity index (χ2n) is 4.14. The van der Waals surface area contributed by atoms with E-state index in [4.69, 9.17) is 11.6 Å². The van der Waals surface area contributed by atoms with Crippen molar-refractivity contribution in [2.75, 3.05) is 0 Å². The number of nitrogens with zero attached hydrogens (tertiary/aromatic N) is 2. The van der Waals surface area contributed by atoms with Crippen LogP contribution in [-0.2, 0) is 19.3 Å². The topological polar surface area (TPSA) is 46.0 Å². The number of hydrogen-bond acceptors (Lipinski definition) is 3. The van der Waals surface area contributed by atoms with E-state index in [9.17, 15) is 5.11 Å². The number of aromatic nitrogens is 2. The lowest BCUT2D eigenvalue weighted by molar-refractivity contribution is 0.184. The first-order valence-electron chi connectivity index (χ1n) is 5.39. The monoisotopic (exact) mass is 226 g/mol. The molecule has 4 heteroatoms. The fraction of sp³-hybridized carbons (Fsp3) is 0.636. The molecule has 0 aliphatic heterocycles. The van der Waals surface area contributed by atoms with Crippen molar-refractivity contribution in [2.45, 2.75) is 45.1 Å². The van der Waals surface area contributed by atoms with Gasteiger partial charge in [-0.25, -0.2) is 0 Å². The Morgan fingerprint density at radius 2 is 2.07 bits per heavy atom. The SMILES string of the molecule is CC(O)CCc1nnc(Cl)c2c1CCC2. The van der Waals surface area contributed by atoms with Crippen LogP contribution in [0.5, 0.6) is 0 Å². The molecule has 3 nitrogen and oxygen atoms in total. The molecule has 0 saturated heterocycles. The highest BCUT2D eigenvalue weighted by atomic mass is 35.5. The van der Waals surface area contributed by atoms with Crippen LogP contribution in [-0.4, -0.2) is 21.4 Å². The highest BCUT2D eigenvalue weighted by Crippen LogP contribution is 2.29. The molecule has 0 radical (unpaired) electrons. The first-order valence-corrected chi connectivity index (χ1v) is 5.77. The van der Waals surface area contributed by atoms with E-state index < -0.39 is 0 Å². The van der Waals surface area contributed by atoms with Crippen molar-refractivity contribution in [1.29, 1.82) is 0 Å². The maximum absolute atomic E-state index is 9.24. The van der Waals surface area contributed by atoms with Crippen LogP contribution in [0.15, 0.2) is 0 Å². The fourth-order valence-electron chi connectivity index (χ4n) is 2.06. The highest BCUT2D eigenvalue weighted by molar-refractivity contribution is 6.30. The Hall–Kier alpha value is -0.670. The van der Waals surface area contributed by atoms with Crippen LogP contribution in [0, 0.1) is 0 Å². The van der Waals surface area contributed by atoms with E-state index in [0.717, 1.165) is 37.8 Å². The van der Waals surface area contributed by atoms with Gasteiger partial charge in [-0.05, 0) is 50.2 Å². The fourth-order valence-corrected chi connectivity index (χ4v) is 2.31. The molecule has 1 unspecified atom stereocenters. The van der Waals surface area contributed by atoms with Crippen molar-refractivity contribution in [3.8, 4) is 0 Å². The average Bonchev–Trinajstić information content (AvgIpc) is 2.66. The molecule has 0 saturated carbocycles. The predicted octanol–water partition coefficient (Wildman–Crippen LogP) is 1.93. The Morgan fingerprint density at radius 1 is 1.33 bits per heavy atom. The van der Waals surface area contributed by atoms with Gasteiger partial charge in [-0.3, -0.25) is 0 Å². The van der Waals surface area contributed by atoms with Crippen LogP contribution in [0.1, 0.15) is 36.6 Å². The standard InChI is InChI=1S/C11H15ClN2O/c1-7(15)5-6-10-8-3-2-4-9(8)11(12)14-13-10/h7,15H,2-6H2,1H3. The maximum Gasteiger partial charge on any atom is 0.155 e. The van der Waals surface area contributed by atoms with Gasteiger partial charge < -0.3 is 5.11 Å². The van der Waals surface area contributed by atoms with E-state index in [2.05, 4.69) is 10.2 Å². The zero-order valence-corrected chi connectivity index (χ0v) is 9.59. The average molecular weight is 227 g/mol. The number of halogens is 1. The number of aryl methyl sites for hydroxylation is 1. The molecule has 0 spiro atoms. The molecule has 1 N–H and O–H groups in total. The summed E-state index contributed by atoms with van der Waals surface area (Å²) in [4.78, 5) is 0. The maximum atomic E-state index is 9.24. The van der Waals surface area contributed by atoms with Crippen LogP contribution < -0.4 is 0 Å². The van der Waals surface area contributed by atoms with E-state index in [0.29, 0.717) is 5.15 Å². The van der Waals surface area contributed by atoms with Gasteiger partial charge >= 0.3 is 0 Å². The van der Waals surface area contributed by atoms with Crippen LogP contribution in [0.2, 0.25) is 5.15 Å². The zero-order valence-electron chi connectivity index (χ0n) is 8.83. The molecule has 0 fully saturated rings. The second-order valence-corrected chi connectivity index (χ2v) is 4.49. The molecule has 1 heterocycles. The molecule has 15 heavy (non-hydrogen) atoms. The Kier molecular flexibility index (Phi) is 3.22. The largest absolute Gasteiger partial charge is 0.393 e. The quantitative estimate of drug-likeness (QED) is 0.857. The minimum atomic E-state index is -0.278. The summed E-state index contributed by atoms with van der Waals surface area (Å²) >= 11 is 5.98. The third kappa shape index (κ3) is 2.29. The minimum Gasteiger partial charge on any atom is -0.393 e. The molecule has 1 atom stereocenters. The summed E-state index contributed by atoms with van der Waals surface area (Å²) in [7, 11) is 0. The van der Waals surface area contributed by atoms with Gasteiger partial charge in [0, 0.05) is 0 Å². The first kappa shape index (κ1) is 10.8. The number of hydrogen-bond donors (Lipinski definition) is 1. The number of aliphatic hydroxyl groups is 1. The summed E-state index contributed by atoms with van der Waals surface area (Å²) < 4.78 is 0. The molecule has 0 aromatic carbocycles. The highest BCUT2D eigenvalue weighted by Gasteiger charge is 2.19. The molecular formula is C11H15ClN2O. The molecule has 2 rings (SSSR count). The van der Waals surface area contributed by atoms with Crippen LogP contribution in [0.25, 0.3) is 0 Å². The summed E-state index contributed by atoms with van der Waals surface area (Å²) in [6.45, 7) is 1.80. The molecule has 1 aliphatic carbocycles. The molecule has 1 aromatic rings. The Balaban J connectivity index is 2.22. The lowest BCUT2D eigenvalue weighted by Crippen LogP contribution is -2.06. The van der Waals surface area contributed by atoms with Gasteiger partial charge in [0.15, 0.2) is 5.15 Å². The summed E-state index contributed by atoms with van der Waals surface area (Å²) in [6, 6.07) is 0. The van der Waals surface area contributed by atoms with Gasteiger partial charge in [0.1, 0.15) is 0 Å². The van der Waals surface area contributed by atoms with Crippen molar-refractivity contribution in [3.05, 3.63) is 22.0 Å². The summed E-state index contributed by atoms with van der Waals surface area (Å²) in [5.74, 6) is 0. The van der Waals surface area contributed by atoms with Gasteiger partial charge in [0.25, 0.3) is 0 Å². The van der Waals surface area contributed by atoms with Gasteiger partial charge in [-0.1, -0.05) is 11.6 Å². The number of fused-ring (bicyclic) bond motifs is 1. The molecule has 1 aliphatic rings. The molecular weight excluding hydrogens is 212 g/mol. The van der Waals surface area contributed by atoms with E-state index in [1.54, 1.807) is 6.92 Å². The number of aliphatic hydroxyl groups excluding tert-OH is 1. The summed E-state index contributed by atoms with van der Waals surface area (Å²) in [5.41, 5.74) is 3.47. The normalized spacial score (nSPS) is 16.5. The van der Waals surface area contributed by atoms with Crippen LogP contribution in [0.4, 0.5) is 0 Å². The summed E-state index contributed by atoms with van der Waals surface area (Å²) in [5, 5.41) is 17.9. The van der Waals surface area contributed by atoms with E-state index in [1.807, 2.05) is 0 Å². The smallest absolute Gasteiger partial charge is 0.155 e. The number of rotatable bonds is 3. The molecule has 0 amide bonds. The molecule has 0 bridgehead atoms. The third-order valence-corrected chi connectivity index (χ3v) is 3.18. The Morgan fingerprint density at radius 3 is 2.80 bits per heavy atom. The molecule has 1 aromatic heterocycles. The lowest BCUT2D eigenvalue weighted by Gasteiger charge is -2.08. The predicted molar refractivity (Wildman–Crippen MR) is 59.1 cm³/mol. The van der Waals surface area contributed by atoms with Crippen molar-refractivity contribution in [2.24, 2.45) is 0 Å². The van der Waals surface area contributed by atoms with Crippen molar-refractivity contribution >= 4 is 11.6 Å². The van der Waals surface area contributed by atoms with Crippen LogP contribution >= 0.6 is 11.6 Å².